The highest BCUT2D eigenvalue weighted by Gasteiger charge is 1.98. The van der Waals surface area contributed by atoms with Crippen LogP contribution in [0.1, 0.15) is 15.6 Å². The van der Waals surface area contributed by atoms with Crippen molar-refractivity contribution >= 4 is 11.0 Å². The summed E-state index contributed by atoms with van der Waals surface area (Å²) < 4.78 is 17.4. The number of H-pyrrole nitrogens is 1. The summed E-state index contributed by atoms with van der Waals surface area (Å²) in [6.07, 6.45) is 0.422. The van der Waals surface area contributed by atoms with Crippen LogP contribution in [-0.4, -0.2) is 9.97 Å². The van der Waals surface area contributed by atoms with Gasteiger partial charge in [-0.25, -0.2) is 4.98 Å². The zero-order valence-electron chi connectivity index (χ0n) is 9.60. The quantitative estimate of drug-likeness (QED) is 0.620. The molecule has 2 aromatic heterocycles. The van der Waals surface area contributed by atoms with Crippen LogP contribution in [0, 0.1) is 13.8 Å². The Kier molecular flexibility index (Phi) is 0.862. The van der Waals surface area contributed by atoms with E-state index in [4.69, 9.17) is 4.34 Å². The predicted molar refractivity (Wildman–Crippen MR) is 47.7 cm³/mol. The Morgan fingerprint density at radius 1 is 1.73 bits per heavy atom. The average Bonchev–Trinajstić information content (AvgIpc) is 2.49. The Morgan fingerprint density at radius 2 is 2.55 bits per heavy atom. The standard InChI is InChI=1S/C9H10N2.H2/c1-6-5-7(2)11-9-8(6)3-4-10-9;/h3-5H,1-2H3,(H,10,11);1H/i4T;1+2T. The van der Waals surface area contributed by atoms with E-state index in [0.29, 0.717) is 6.17 Å². The molecule has 1 N–H and O–H groups in total. The number of nitrogens with one attached hydrogen (secondary N) is 1. The molecule has 0 aliphatic rings. The summed E-state index contributed by atoms with van der Waals surface area (Å²) >= 11 is 0. The molecule has 0 aliphatic heterocycles. The Bertz CT molecular complexity index is 437. The topological polar surface area (TPSA) is 28.7 Å². The Morgan fingerprint density at radius 3 is 3.36 bits per heavy atom. The fourth-order valence-electron chi connectivity index (χ4n) is 1.30. The van der Waals surface area contributed by atoms with Crippen molar-refractivity contribution in [3.05, 3.63) is 29.6 Å². The van der Waals surface area contributed by atoms with E-state index in [1.165, 1.54) is 5.56 Å². The van der Waals surface area contributed by atoms with Gasteiger partial charge in [-0.05, 0) is 31.5 Å². The summed E-state index contributed by atoms with van der Waals surface area (Å²) in [5.41, 5.74) is 2.98. The largest absolute Gasteiger partial charge is 0.346 e. The first-order chi connectivity index (χ1) is 6.66. The van der Waals surface area contributed by atoms with Gasteiger partial charge in [-0.1, -0.05) is 0 Å². The number of aromatic nitrogens is 2. The highest BCUT2D eigenvalue weighted by atomic mass is 14.8. The maximum Gasteiger partial charge on any atom is 0.137 e. The van der Waals surface area contributed by atoms with Crippen LogP contribution in [0.25, 0.3) is 11.0 Å². The van der Waals surface area contributed by atoms with E-state index in [0.717, 1.165) is 16.7 Å². The van der Waals surface area contributed by atoms with Gasteiger partial charge in [0.05, 0.1) is 1.37 Å². The van der Waals surface area contributed by atoms with Gasteiger partial charge in [0.2, 0.25) is 0 Å². The summed E-state index contributed by atoms with van der Waals surface area (Å²) in [7, 11) is 0. The van der Waals surface area contributed by atoms with Crippen LogP contribution in [0.4, 0.5) is 0 Å². The van der Waals surface area contributed by atoms with Crippen molar-refractivity contribution in [3.63, 3.8) is 0 Å². The maximum absolute atomic E-state index is 7.39. The van der Waals surface area contributed by atoms with Crippen molar-refractivity contribution in [2.45, 2.75) is 13.8 Å². The summed E-state index contributed by atoms with van der Waals surface area (Å²) in [6.45, 7) is 3.99. The van der Waals surface area contributed by atoms with E-state index in [-0.39, 0.29) is 0 Å². The fraction of sp³-hybridized carbons (Fsp3) is 0.222. The highest BCUT2D eigenvalue weighted by Crippen LogP contribution is 2.15. The minimum absolute atomic E-state index is 0.422. The number of aromatic amines is 1. The first-order valence-corrected chi connectivity index (χ1v) is 3.60. The van der Waals surface area contributed by atoms with Gasteiger partial charge < -0.3 is 4.98 Å². The number of nitrogens with zero attached hydrogens (tertiary/aromatic N) is 1. The fourth-order valence-corrected chi connectivity index (χ4v) is 1.30. The van der Waals surface area contributed by atoms with E-state index in [1.807, 2.05) is 19.9 Å². The second-order valence-corrected chi connectivity index (χ2v) is 2.76. The van der Waals surface area contributed by atoms with Crippen molar-refractivity contribution in [3.8, 4) is 0 Å². The number of hydrogen-bond acceptors (Lipinski definition) is 1. The molecular weight excluding hydrogens is 136 g/mol. The Labute approximate surface area is 69.8 Å². The van der Waals surface area contributed by atoms with E-state index in [9.17, 15) is 0 Å². The van der Waals surface area contributed by atoms with Crippen LogP contribution in [0.15, 0.2) is 18.3 Å². The lowest BCUT2D eigenvalue weighted by Crippen LogP contribution is -1.84. The number of pyridine rings is 1. The molecule has 0 amide bonds. The molecule has 0 bridgehead atoms. The number of hydrogen-bond donors (Lipinski definition) is 1. The van der Waals surface area contributed by atoms with Crippen LogP contribution in [0.5, 0.6) is 0 Å². The molecule has 0 unspecified atom stereocenters. The Balaban J connectivity index is 0.000000461. The molecule has 58 valence electrons. The first-order valence-electron chi connectivity index (χ1n) is 5.10. The lowest BCUT2D eigenvalue weighted by Gasteiger charge is -1.96. The summed E-state index contributed by atoms with van der Waals surface area (Å²) in [4.78, 5) is 7.18. The first kappa shape index (κ1) is 4.54. The van der Waals surface area contributed by atoms with Gasteiger partial charge in [-0.2, -0.15) is 0 Å². The normalized spacial score (nSPS) is 12.7. The van der Waals surface area contributed by atoms with Crippen LogP contribution in [-0.2, 0) is 0 Å². The van der Waals surface area contributed by atoms with E-state index < -0.39 is 0 Å². The Hall–Kier alpha value is -1.31. The van der Waals surface area contributed by atoms with E-state index >= 15 is 0 Å². The van der Waals surface area contributed by atoms with Crippen molar-refractivity contribution in [2.24, 2.45) is 0 Å². The average molecular weight is 154 g/mol. The lowest BCUT2D eigenvalue weighted by atomic mass is 10.2. The van der Waals surface area contributed by atoms with Gasteiger partial charge in [0, 0.05) is 20.2 Å². The zero-order valence-corrected chi connectivity index (χ0v) is 6.60. The summed E-state index contributed by atoms with van der Waals surface area (Å²) in [5, 5.41) is 1.05. The number of aryl methyl sites for hydroxylation is 2. The molecule has 2 rings (SSSR count). The molecule has 2 aromatic rings. The van der Waals surface area contributed by atoms with Crippen molar-refractivity contribution in [1.82, 2.24) is 9.97 Å². The lowest BCUT2D eigenvalue weighted by molar-refractivity contribution is 1.21. The van der Waals surface area contributed by atoms with Crippen LogP contribution < -0.4 is 0 Å². The molecule has 0 atom stereocenters. The summed E-state index contributed by atoms with van der Waals surface area (Å²) in [5.74, 6) is 0. The second kappa shape index (κ2) is 2.09. The van der Waals surface area contributed by atoms with Crippen molar-refractivity contribution < 1.29 is 4.34 Å². The molecule has 2 heterocycles. The van der Waals surface area contributed by atoms with Gasteiger partial charge in [0.15, 0.2) is 0 Å². The third-order valence-corrected chi connectivity index (χ3v) is 1.80. The predicted octanol–water partition coefficient (Wildman–Crippen LogP) is 2.43. The molecule has 0 radical (unpaired) electrons. The smallest absolute Gasteiger partial charge is 0.137 e. The van der Waals surface area contributed by atoms with Gasteiger partial charge in [-0.3, -0.25) is 0 Å². The molecule has 0 aromatic carbocycles. The van der Waals surface area contributed by atoms with Gasteiger partial charge in [-0.15, -0.1) is 0 Å². The van der Waals surface area contributed by atoms with Gasteiger partial charge >= 0.3 is 0 Å². The van der Waals surface area contributed by atoms with Crippen LogP contribution >= 0.6 is 0 Å². The minimum Gasteiger partial charge on any atom is -0.346 e. The van der Waals surface area contributed by atoms with Crippen LogP contribution in [0.3, 0.4) is 0 Å². The number of fused-ring (bicyclic) bond motifs is 1. The highest BCUT2D eigenvalue weighted by molar-refractivity contribution is 5.79. The molecule has 0 saturated heterocycles. The molecular formula is C9H12N2. The van der Waals surface area contributed by atoms with E-state index in [2.05, 4.69) is 9.97 Å². The zero-order chi connectivity index (χ0) is 10.7. The monoisotopic (exact) mass is 154 g/mol. The molecule has 2 nitrogen and oxygen atoms in total. The molecule has 0 fully saturated rings. The molecule has 0 spiro atoms. The van der Waals surface area contributed by atoms with Crippen LogP contribution in [0.2, 0.25) is 0 Å². The maximum atomic E-state index is 7.39. The van der Waals surface area contributed by atoms with Crippen molar-refractivity contribution in [2.75, 3.05) is 0 Å². The number of rotatable bonds is 0. The van der Waals surface area contributed by atoms with E-state index in [1.54, 1.807) is 6.07 Å². The molecule has 0 saturated carbocycles. The molecule has 0 aliphatic carbocycles. The third kappa shape index (κ3) is 0.909. The third-order valence-electron chi connectivity index (χ3n) is 1.80. The molecule has 2 heteroatoms. The van der Waals surface area contributed by atoms with Gasteiger partial charge in [0.1, 0.15) is 5.65 Å². The molecule has 11 heavy (non-hydrogen) atoms. The SMILES string of the molecule is [3H][3H].[3H]c1cc2c(C)cc(C)nc2[nH]1. The van der Waals surface area contributed by atoms with Gasteiger partial charge in [0.25, 0.3) is 0 Å². The van der Waals surface area contributed by atoms with Crippen molar-refractivity contribution in [1.29, 1.82) is 0 Å². The second-order valence-electron chi connectivity index (χ2n) is 2.76. The summed E-state index contributed by atoms with van der Waals surface area (Å²) in [6, 6.07) is 3.83. The minimum atomic E-state index is 0.422.